The molecule has 2 rings (SSSR count). The number of amides is 1. The average molecular weight is 373 g/mol. The van der Waals surface area contributed by atoms with Crippen molar-refractivity contribution in [2.75, 3.05) is 11.9 Å². The number of nitrogens with one attached hydrogen (secondary N) is 1. The molecule has 0 fully saturated rings. The minimum atomic E-state index is -0.937. The van der Waals surface area contributed by atoms with Crippen LogP contribution < -0.4 is 10.1 Å². The number of benzene rings is 1. The zero-order valence-electron chi connectivity index (χ0n) is 16.7. The van der Waals surface area contributed by atoms with E-state index in [1.807, 2.05) is 13.8 Å². The van der Waals surface area contributed by atoms with Crippen LogP contribution in [0.3, 0.4) is 0 Å². The van der Waals surface area contributed by atoms with Crippen molar-refractivity contribution in [3.05, 3.63) is 41.2 Å². The van der Waals surface area contributed by atoms with Gasteiger partial charge in [-0.1, -0.05) is 13.8 Å². The van der Waals surface area contributed by atoms with E-state index in [2.05, 4.69) is 24.3 Å². The van der Waals surface area contributed by atoms with Gasteiger partial charge in [0.15, 0.2) is 6.10 Å². The van der Waals surface area contributed by atoms with Crippen LogP contribution in [-0.4, -0.2) is 34.4 Å². The summed E-state index contributed by atoms with van der Waals surface area (Å²) < 4.78 is 12.5. The minimum absolute atomic E-state index is 0.361. The van der Waals surface area contributed by atoms with Gasteiger partial charge in [-0.25, -0.2) is 4.79 Å². The first-order valence-electron chi connectivity index (χ1n) is 8.94. The van der Waals surface area contributed by atoms with Crippen molar-refractivity contribution < 1.29 is 19.1 Å². The van der Waals surface area contributed by atoms with E-state index in [0.717, 1.165) is 5.69 Å². The number of aromatic nitrogens is 2. The van der Waals surface area contributed by atoms with Crippen molar-refractivity contribution >= 4 is 17.6 Å². The standard InChI is InChI=1S/C20H27N3O4/c1-12(2)11-26-17-9-7-16(8-10-17)20(25)27-15(5)19(24)21-18-13(3)22-23(6)14(18)4/h7-10,12,15H,11H2,1-6H3,(H,21,24)/t15-/m0/s1. The third kappa shape index (κ3) is 5.32. The van der Waals surface area contributed by atoms with Crippen LogP contribution >= 0.6 is 0 Å². The maximum Gasteiger partial charge on any atom is 0.338 e. The Morgan fingerprint density at radius 1 is 1.15 bits per heavy atom. The number of aryl methyl sites for hydroxylation is 2. The van der Waals surface area contributed by atoms with Crippen molar-refractivity contribution in [1.29, 1.82) is 0 Å². The molecule has 7 heteroatoms. The zero-order chi connectivity index (χ0) is 20.1. The van der Waals surface area contributed by atoms with Crippen LogP contribution in [0.15, 0.2) is 24.3 Å². The molecular formula is C20H27N3O4. The van der Waals surface area contributed by atoms with E-state index >= 15 is 0 Å². The molecule has 2 aromatic rings. The Balaban J connectivity index is 1.95. The highest BCUT2D eigenvalue weighted by Gasteiger charge is 2.21. The summed E-state index contributed by atoms with van der Waals surface area (Å²) >= 11 is 0. The number of esters is 1. The molecule has 0 spiro atoms. The molecule has 1 amide bonds. The van der Waals surface area contributed by atoms with Crippen LogP contribution in [-0.2, 0) is 16.6 Å². The van der Waals surface area contributed by atoms with Crippen LogP contribution in [0.5, 0.6) is 5.75 Å². The highest BCUT2D eigenvalue weighted by Crippen LogP contribution is 2.19. The van der Waals surface area contributed by atoms with E-state index in [9.17, 15) is 9.59 Å². The van der Waals surface area contributed by atoms with Crippen molar-refractivity contribution in [3.8, 4) is 5.75 Å². The molecule has 0 aliphatic heterocycles. The number of nitrogens with zero attached hydrogens (tertiary/aromatic N) is 2. The maximum absolute atomic E-state index is 12.4. The number of ether oxygens (including phenoxy) is 2. The van der Waals surface area contributed by atoms with Gasteiger partial charge in [-0.3, -0.25) is 9.48 Å². The summed E-state index contributed by atoms with van der Waals surface area (Å²) in [6.45, 7) is 9.93. The SMILES string of the molecule is Cc1nn(C)c(C)c1NC(=O)[C@H](C)OC(=O)c1ccc(OCC(C)C)cc1. The van der Waals surface area contributed by atoms with Crippen LogP contribution in [0.4, 0.5) is 5.69 Å². The maximum atomic E-state index is 12.4. The summed E-state index contributed by atoms with van der Waals surface area (Å²) in [5.74, 6) is 0.141. The predicted octanol–water partition coefficient (Wildman–Crippen LogP) is 3.26. The Morgan fingerprint density at radius 3 is 2.30 bits per heavy atom. The van der Waals surface area contributed by atoms with E-state index in [0.29, 0.717) is 35.2 Å². The molecule has 0 saturated heterocycles. The lowest BCUT2D eigenvalue weighted by atomic mass is 10.2. The first-order chi connectivity index (χ1) is 12.7. The molecule has 1 aromatic heterocycles. The Bertz CT molecular complexity index is 809. The van der Waals surface area contributed by atoms with Gasteiger partial charge in [0.25, 0.3) is 5.91 Å². The van der Waals surface area contributed by atoms with E-state index in [-0.39, 0.29) is 0 Å². The average Bonchev–Trinajstić information content (AvgIpc) is 2.86. The predicted molar refractivity (Wildman–Crippen MR) is 103 cm³/mol. The Morgan fingerprint density at radius 2 is 1.78 bits per heavy atom. The van der Waals surface area contributed by atoms with Gasteiger partial charge >= 0.3 is 5.97 Å². The van der Waals surface area contributed by atoms with Crippen molar-refractivity contribution in [1.82, 2.24) is 9.78 Å². The molecule has 0 unspecified atom stereocenters. The second-order valence-corrected chi connectivity index (χ2v) is 6.94. The van der Waals surface area contributed by atoms with E-state index in [1.54, 1.807) is 36.0 Å². The number of carbonyl (C=O) groups excluding carboxylic acids is 2. The second-order valence-electron chi connectivity index (χ2n) is 6.94. The molecule has 27 heavy (non-hydrogen) atoms. The summed E-state index contributed by atoms with van der Waals surface area (Å²) in [4.78, 5) is 24.6. The number of carbonyl (C=O) groups is 2. The number of rotatable bonds is 7. The molecular weight excluding hydrogens is 346 g/mol. The molecule has 0 aliphatic carbocycles. The molecule has 1 N–H and O–H groups in total. The fourth-order valence-electron chi connectivity index (χ4n) is 2.41. The van der Waals surface area contributed by atoms with Crippen molar-refractivity contribution in [3.63, 3.8) is 0 Å². The van der Waals surface area contributed by atoms with Gasteiger partial charge in [-0.05, 0) is 51.0 Å². The van der Waals surface area contributed by atoms with Gasteiger partial charge in [0.2, 0.25) is 0 Å². The summed E-state index contributed by atoms with van der Waals surface area (Å²) in [6, 6.07) is 6.67. The Hall–Kier alpha value is -2.83. The van der Waals surface area contributed by atoms with Crippen molar-refractivity contribution in [2.24, 2.45) is 13.0 Å². The van der Waals surface area contributed by atoms with Gasteiger partial charge < -0.3 is 14.8 Å². The second kappa shape index (κ2) is 8.70. The molecule has 0 radical (unpaired) electrons. The number of anilines is 1. The minimum Gasteiger partial charge on any atom is -0.493 e. The first-order valence-corrected chi connectivity index (χ1v) is 8.94. The molecule has 0 saturated carbocycles. The molecule has 0 aliphatic rings. The van der Waals surface area contributed by atoms with Gasteiger partial charge in [0, 0.05) is 7.05 Å². The zero-order valence-corrected chi connectivity index (χ0v) is 16.7. The van der Waals surface area contributed by atoms with Gasteiger partial charge in [0.05, 0.1) is 29.2 Å². The van der Waals surface area contributed by atoms with Gasteiger partial charge in [0.1, 0.15) is 5.75 Å². The summed E-state index contributed by atoms with van der Waals surface area (Å²) in [5.41, 5.74) is 2.53. The van der Waals surface area contributed by atoms with E-state index in [1.165, 1.54) is 6.92 Å². The van der Waals surface area contributed by atoms with Crippen LogP contribution in [0, 0.1) is 19.8 Å². The third-order valence-corrected chi connectivity index (χ3v) is 4.08. The summed E-state index contributed by atoms with van der Waals surface area (Å²) in [6.07, 6.45) is -0.937. The fraction of sp³-hybridized carbons (Fsp3) is 0.450. The fourth-order valence-corrected chi connectivity index (χ4v) is 2.41. The largest absolute Gasteiger partial charge is 0.493 e. The lowest BCUT2D eigenvalue weighted by Crippen LogP contribution is -2.30. The molecule has 1 aromatic carbocycles. The van der Waals surface area contributed by atoms with Crippen molar-refractivity contribution in [2.45, 2.75) is 40.7 Å². The topological polar surface area (TPSA) is 82.5 Å². The normalized spacial score (nSPS) is 12.0. The Kier molecular flexibility index (Phi) is 6.60. The molecule has 7 nitrogen and oxygen atoms in total. The monoisotopic (exact) mass is 373 g/mol. The third-order valence-electron chi connectivity index (χ3n) is 4.08. The molecule has 1 heterocycles. The summed E-state index contributed by atoms with van der Waals surface area (Å²) in [5, 5.41) is 7.02. The molecule has 0 bridgehead atoms. The number of hydrogen-bond donors (Lipinski definition) is 1. The van der Waals surface area contributed by atoms with Crippen LogP contribution in [0.25, 0.3) is 0 Å². The van der Waals surface area contributed by atoms with Gasteiger partial charge in [-0.2, -0.15) is 5.10 Å². The summed E-state index contributed by atoms with van der Waals surface area (Å²) in [7, 11) is 1.80. The van der Waals surface area contributed by atoms with Gasteiger partial charge in [-0.15, -0.1) is 0 Å². The quantitative estimate of drug-likeness (QED) is 0.753. The van der Waals surface area contributed by atoms with E-state index in [4.69, 9.17) is 9.47 Å². The Labute approximate surface area is 159 Å². The van der Waals surface area contributed by atoms with E-state index < -0.39 is 18.0 Å². The van der Waals surface area contributed by atoms with Crippen LogP contribution in [0.2, 0.25) is 0 Å². The molecule has 146 valence electrons. The highest BCUT2D eigenvalue weighted by atomic mass is 16.5. The smallest absolute Gasteiger partial charge is 0.338 e. The van der Waals surface area contributed by atoms with Crippen LogP contribution in [0.1, 0.15) is 42.5 Å². The highest BCUT2D eigenvalue weighted by molar-refractivity contribution is 5.98. The molecule has 1 atom stereocenters. The first kappa shape index (κ1) is 20.5. The lowest BCUT2D eigenvalue weighted by Gasteiger charge is -2.14. The number of hydrogen-bond acceptors (Lipinski definition) is 5. The lowest BCUT2D eigenvalue weighted by molar-refractivity contribution is -0.123.